The molecule has 0 bridgehead atoms. The number of amides is 1. The molecule has 0 aliphatic rings. The number of alkyl halides is 3. The van der Waals surface area contributed by atoms with Gasteiger partial charge in [0, 0.05) is 36.3 Å². The van der Waals surface area contributed by atoms with Crippen LogP contribution < -0.4 is 16.2 Å². The van der Waals surface area contributed by atoms with Crippen LogP contribution in [-0.4, -0.2) is 49.8 Å². The molecule has 44 heavy (non-hydrogen) atoms. The van der Waals surface area contributed by atoms with Crippen LogP contribution in [0.3, 0.4) is 0 Å². The van der Waals surface area contributed by atoms with Crippen molar-refractivity contribution < 1.29 is 32.3 Å². The average Bonchev–Trinajstić information content (AvgIpc) is 2.94. The molecule has 0 radical (unpaired) electrons. The van der Waals surface area contributed by atoms with Crippen LogP contribution in [0.1, 0.15) is 46.3 Å². The van der Waals surface area contributed by atoms with Gasteiger partial charge in [-0.15, -0.1) is 0 Å². The fraction of sp³-hybridized carbons (Fsp3) is 0.323. The molecule has 9 nitrogen and oxygen atoms in total. The molecule has 2 aromatic heterocycles. The molecule has 3 N–H and O–H groups in total. The highest BCUT2D eigenvalue weighted by Gasteiger charge is 2.38. The van der Waals surface area contributed by atoms with Gasteiger partial charge in [-0.1, -0.05) is 25.1 Å². The number of aliphatic carboxylic acids is 1. The van der Waals surface area contributed by atoms with Crippen molar-refractivity contribution in [1.29, 1.82) is 0 Å². The van der Waals surface area contributed by atoms with E-state index in [1.807, 2.05) is 0 Å². The SMILES string of the molecule is CC[C@@H](Nc1cc(C)c(C(=O)N[C@@H](Cc2ccc(-c3c(C)nc(C)n(C)c3=O)c3ncccc23)C(=O)O)c(F)c1)C(F)(F)F. The Morgan fingerprint density at radius 3 is 2.43 bits per heavy atom. The van der Waals surface area contributed by atoms with Crippen LogP contribution in [0.2, 0.25) is 0 Å². The number of nitrogens with one attached hydrogen (secondary N) is 2. The Balaban J connectivity index is 1.66. The fourth-order valence-electron chi connectivity index (χ4n) is 5.15. The van der Waals surface area contributed by atoms with Crippen LogP contribution in [-0.2, 0) is 18.3 Å². The topological polar surface area (TPSA) is 126 Å². The second-order valence-corrected chi connectivity index (χ2v) is 10.5. The van der Waals surface area contributed by atoms with Crippen molar-refractivity contribution in [2.45, 2.75) is 58.8 Å². The first-order valence-corrected chi connectivity index (χ1v) is 13.7. The molecule has 2 heterocycles. The zero-order valence-corrected chi connectivity index (χ0v) is 24.6. The first kappa shape index (κ1) is 32.1. The molecule has 4 rings (SSSR count). The molecule has 0 saturated heterocycles. The van der Waals surface area contributed by atoms with Gasteiger partial charge in [0.25, 0.3) is 11.5 Å². The smallest absolute Gasteiger partial charge is 0.408 e. The monoisotopic (exact) mass is 613 g/mol. The highest BCUT2D eigenvalue weighted by Crippen LogP contribution is 2.31. The van der Waals surface area contributed by atoms with Gasteiger partial charge in [0.15, 0.2) is 0 Å². The number of hydrogen-bond donors (Lipinski definition) is 3. The molecule has 0 spiro atoms. The maximum atomic E-state index is 15.1. The fourth-order valence-corrected chi connectivity index (χ4v) is 5.15. The van der Waals surface area contributed by atoms with Gasteiger partial charge in [-0.2, -0.15) is 13.2 Å². The Morgan fingerprint density at radius 1 is 1.11 bits per heavy atom. The standard InChI is InChI=1S/C31H31F4N5O4/c1-6-24(31(33,34)35)38-19-12-15(2)25(22(32)14-19)28(41)39-23(30(43)44)13-18-9-10-21(27-20(18)8-7-11-36-27)26-16(3)37-17(4)40(5)29(26)42/h7-12,14,23-24,38H,6,13H2,1-5H3,(H,39,41)(H,43,44)/t23-,24+/m0/s1. The van der Waals surface area contributed by atoms with Crippen molar-refractivity contribution >= 4 is 28.5 Å². The van der Waals surface area contributed by atoms with E-state index in [0.29, 0.717) is 39.1 Å². The molecular weight excluding hydrogens is 582 g/mol. The number of rotatable bonds is 9. The predicted octanol–water partition coefficient (Wildman–Crippen LogP) is 5.24. The van der Waals surface area contributed by atoms with Crippen LogP contribution in [0.25, 0.3) is 22.0 Å². The molecule has 0 aliphatic heterocycles. The normalized spacial score (nSPS) is 13.0. The number of nitrogens with zero attached hydrogens (tertiary/aromatic N) is 3. The molecule has 4 aromatic rings. The number of halogens is 4. The molecule has 232 valence electrons. The predicted molar refractivity (Wildman–Crippen MR) is 157 cm³/mol. The Kier molecular flexibility index (Phi) is 9.07. The van der Waals surface area contributed by atoms with Gasteiger partial charge in [0.1, 0.15) is 23.7 Å². The number of aromatic nitrogens is 3. The first-order valence-electron chi connectivity index (χ1n) is 13.7. The summed E-state index contributed by atoms with van der Waals surface area (Å²) in [5.74, 6) is -2.99. The van der Waals surface area contributed by atoms with E-state index in [-0.39, 0.29) is 29.7 Å². The van der Waals surface area contributed by atoms with Crippen LogP contribution in [0.15, 0.2) is 47.4 Å². The number of carbonyl (C=O) groups excluding carboxylic acids is 1. The summed E-state index contributed by atoms with van der Waals surface area (Å²) in [6.45, 7) is 6.10. The summed E-state index contributed by atoms with van der Waals surface area (Å²) in [5.41, 5.74) is 1.39. The van der Waals surface area contributed by atoms with Gasteiger partial charge in [-0.25, -0.2) is 14.2 Å². The Morgan fingerprint density at radius 2 is 1.82 bits per heavy atom. The van der Waals surface area contributed by atoms with E-state index < -0.39 is 41.5 Å². The molecule has 0 aliphatic carbocycles. The van der Waals surface area contributed by atoms with Gasteiger partial charge < -0.3 is 15.7 Å². The van der Waals surface area contributed by atoms with Crippen molar-refractivity contribution in [1.82, 2.24) is 19.9 Å². The maximum Gasteiger partial charge on any atom is 0.408 e. The molecule has 0 unspecified atom stereocenters. The van der Waals surface area contributed by atoms with E-state index in [9.17, 15) is 32.7 Å². The summed E-state index contributed by atoms with van der Waals surface area (Å²) >= 11 is 0. The lowest BCUT2D eigenvalue weighted by atomic mass is 9.95. The third-order valence-corrected chi connectivity index (χ3v) is 7.51. The third kappa shape index (κ3) is 6.41. The second kappa shape index (κ2) is 12.4. The van der Waals surface area contributed by atoms with E-state index in [4.69, 9.17) is 0 Å². The van der Waals surface area contributed by atoms with Crippen LogP contribution in [0.4, 0.5) is 23.2 Å². The van der Waals surface area contributed by atoms with E-state index in [0.717, 1.165) is 6.07 Å². The lowest BCUT2D eigenvalue weighted by Gasteiger charge is -2.22. The van der Waals surface area contributed by atoms with Gasteiger partial charge >= 0.3 is 12.1 Å². The van der Waals surface area contributed by atoms with E-state index in [1.165, 1.54) is 30.7 Å². The zero-order valence-electron chi connectivity index (χ0n) is 24.6. The Hall–Kier alpha value is -4.81. The van der Waals surface area contributed by atoms with Gasteiger partial charge in [0.05, 0.1) is 22.3 Å². The Labute approximate surface area is 250 Å². The number of carboxylic acid groups (broad SMARTS) is 1. The van der Waals surface area contributed by atoms with Crippen molar-refractivity contribution in [2.24, 2.45) is 7.05 Å². The number of anilines is 1. The first-order chi connectivity index (χ1) is 20.6. The molecule has 1 amide bonds. The quantitative estimate of drug-likeness (QED) is 0.221. The van der Waals surface area contributed by atoms with Crippen LogP contribution in [0, 0.1) is 26.6 Å². The molecular formula is C31H31F4N5O4. The maximum absolute atomic E-state index is 15.1. The minimum atomic E-state index is -4.56. The van der Waals surface area contributed by atoms with Crippen molar-refractivity contribution in [3.05, 3.63) is 87.0 Å². The second-order valence-electron chi connectivity index (χ2n) is 10.5. The summed E-state index contributed by atoms with van der Waals surface area (Å²) in [6.07, 6.45) is -3.53. The van der Waals surface area contributed by atoms with E-state index in [2.05, 4.69) is 20.6 Å². The number of benzene rings is 2. The summed E-state index contributed by atoms with van der Waals surface area (Å²) in [7, 11) is 1.61. The van der Waals surface area contributed by atoms with E-state index >= 15 is 4.39 Å². The molecule has 2 atom stereocenters. The van der Waals surface area contributed by atoms with Gasteiger partial charge in [-0.05, 0) is 56.5 Å². The number of fused-ring (bicyclic) bond motifs is 1. The summed E-state index contributed by atoms with van der Waals surface area (Å²) < 4.78 is 56.0. The Bertz CT molecular complexity index is 1800. The third-order valence-electron chi connectivity index (χ3n) is 7.51. The number of carbonyl (C=O) groups is 2. The number of pyridine rings is 1. The van der Waals surface area contributed by atoms with Crippen molar-refractivity contribution in [2.75, 3.05) is 5.32 Å². The van der Waals surface area contributed by atoms with Gasteiger partial charge in [-0.3, -0.25) is 19.1 Å². The summed E-state index contributed by atoms with van der Waals surface area (Å²) in [6, 6.07) is 5.20. The van der Waals surface area contributed by atoms with Crippen LogP contribution >= 0.6 is 0 Å². The minimum Gasteiger partial charge on any atom is -0.480 e. The lowest BCUT2D eigenvalue weighted by molar-refractivity contribution is -0.143. The largest absolute Gasteiger partial charge is 0.480 e. The highest BCUT2D eigenvalue weighted by atomic mass is 19.4. The van der Waals surface area contributed by atoms with Crippen LogP contribution in [0.5, 0.6) is 0 Å². The number of aryl methyl sites for hydroxylation is 3. The number of hydrogen-bond acceptors (Lipinski definition) is 6. The average molecular weight is 614 g/mol. The summed E-state index contributed by atoms with van der Waals surface area (Å²) in [4.78, 5) is 47.4. The number of carboxylic acids is 1. The van der Waals surface area contributed by atoms with E-state index in [1.54, 1.807) is 45.2 Å². The molecule has 13 heteroatoms. The lowest BCUT2D eigenvalue weighted by Crippen LogP contribution is -2.43. The minimum absolute atomic E-state index is 0.0221. The van der Waals surface area contributed by atoms with Crippen molar-refractivity contribution in [3.8, 4) is 11.1 Å². The molecule has 2 aromatic carbocycles. The molecule has 0 fully saturated rings. The molecule has 0 saturated carbocycles. The zero-order chi connectivity index (χ0) is 32.5. The highest BCUT2D eigenvalue weighted by molar-refractivity contribution is 5.99. The summed E-state index contributed by atoms with van der Waals surface area (Å²) in [5, 5.41) is 15.1. The van der Waals surface area contributed by atoms with Crippen molar-refractivity contribution in [3.63, 3.8) is 0 Å². The van der Waals surface area contributed by atoms with Gasteiger partial charge in [0.2, 0.25) is 0 Å².